The van der Waals surface area contributed by atoms with Crippen molar-refractivity contribution >= 4 is 57.5 Å². The summed E-state index contributed by atoms with van der Waals surface area (Å²) in [5, 5.41) is 4.92. The largest absolute Gasteiger partial charge is 0.325 e. The fourth-order valence-electron chi connectivity index (χ4n) is 3.11. The molecule has 0 fully saturated rings. The van der Waals surface area contributed by atoms with Gasteiger partial charge in [0.25, 0.3) is 5.56 Å². The Bertz CT molecular complexity index is 1320. The number of benzene rings is 3. The van der Waals surface area contributed by atoms with Crippen molar-refractivity contribution in [2.75, 3.05) is 11.1 Å². The molecule has 1 amide bonds. The first-order chi connectivity index (χ1) is 15.0. The third-order valence-electron chi connectivity index (χ3n) is 4.50. The maximum Gasteiger partial charge on any atom is 0.262 e. The molecule has 0 aliphatic heterocycles. The SMILES string of the molecule is O=C(CSc1nc2ccccc2c(=O)n1Cc1cccc(Cl)c1)Nc1cccc(Cl)c1. The third kappa shape index (κ3) is 5.28. The van der Waals surface area contributed by atoms with Gasteiger partial charge in [0.15, 0.2) is 5.16 Å². The molecule has 5 nitrogen and oxygen atoms in total. The molecular formula is C23H17Cl2N3O2S. The lowest BCUT2D eigenvalue weighted by molar-refractivity contribution is -0.113. The lowest BCUT2D eigenvalue weighted by Crippen LogP contribution is -2.25. The van der Waals surface area contributed by atoms with Gasteiger partial charge in [-0.05, 0) is 48.0 Å². The second kappa shape index (κ2) is 9.56. The fourth-order valence-corrected chi connectivity index (χ4v) is 4.31. The quantitative estimate of drug-likeness (QED) is 0.299. The molecule has 1 N–H and O–H groups in total. The molecule has 3 aromatic carbocycles. The van der Waals surface area contributed by atoms with E-state index in [1.165, 1.54) is 11.8 Å². The highest BCUT2D eigenvalue weighted by atomic mass is 35.5. The fraction of sp³-hybridized carbons (Fsp3) is 0.0870. The molecule has 0 aliphatic rings. The Morgan fingerprint density at radius 1 is 0.968 bits per heavy atom. The number of aromatic nitrogens is 2. The van der Waals surface area contributed by atoms with E-state index in [1.807, 2.05) is 24.3 Å². The Hall–Kier alpha value is -2.80. The molecular weight excluding hydrogens is 453 g/mol. The minimum atomic E-state index is -0.219. The number of anilines is 1. The van der Waals surface area contributed by atoms with Gasteiger partial charge >= 0.3 is 0 Å². The Balaban J connectivity index is 1.62. The summed E-state index contributed by atoms with van der Waals surface area (Å²) in [6, 6.07) is 21.4. The van der Waals surface area contributed by atoms with E-state index < -0.39 is 0 Å². The van der Waals surface area contributed by atoms with Crippen LogP contribution >= 0.6 is 35.0 Å². The van der Waals surface area contributed by atoms with E-state index >= 15 is 0 Å². The number of amides is 1. The van der Waals surface area contributed by atoms with Crippen LogP contribution in [0.3, 0.4) is 0 Å². The van der Waals surface area contributed by atoms with Crippen LogP contribution in [0.1, 0.15) is 5.56 Å². The molecule has 31 heavy (non-hydrogen) atoms. The van der Waals surface area contributed by atoms with Crippen molar-refractivity contribution in [1.29, 1.82) is 0 Å². The van der Waals surface area contributed by atoms with Crippen molar-refractivity contribution in [3.63, 3.8) is 0 Å². The molecule has 0 bridgehead atoms. The molecule has 0 unspecified atom stereocenters. The Kier molecular flexibility index (Phi) is 6.61. The zero-order chi connectivity index (χ0) is 21.8. The minimum Gasteiger partial charge on any atom is -0.325 e. The van der Waals surface area contributed by atoms with Crippen LogP contribution in [0, 0.1) is 0 Å². The molecule has 1 heterocycles. The topological polar surface area (TPSA) is 64.0 Å². The number of nitrogens with one attached hydrogen (secondary N) is 1. The smallest absolute Gasteiger partial charge is 0.262 e. The second-order valence-electron chi connectivity index (χ2n) is 6.78. The predicted octanol–water partition coefficient (Wildman–Crippen LogP) is 5.48. The molecule has 156 valence electrons. The lowest BCUT2D eigenvalue weighted by atomic mass is 10.2. The summed E-state index contributed by atoms with van der Waals surface area (Å²) >= 11 is 13.3. The highest BCUT2D eigenvalue weighted by molar-refractivity contribution is 7.99. The number of nitrogens with zero attached hydrogens (tertiary/aromatic N) is 2. The molecule has 0 spiro atoms. The van der Waals surface area contributed by atoms with Crippen molar-refractivity contribution in [1.82, 2.24) is 9.55 Å². The van der Waals surface area contributed by atoms with Gasteiger partial charge in [0.05, 0.1) is 23.2 Å². The first kappa shape index (κ1) is 21.4. The number of carbonyl (C=O) groups excluding carboxylic acids is 1. The van der Waals surface area contributed by atoms with Crippen LogP contribution in [-0.4, -0.2) is 21.2 Å². The van der Waals surface area contributed by atoms with Crippen molar-refractivity contribution in [2.24, 2.45) is 0 Å². The van der Waals surface area contributed by atoms with Gasteiger partial charge in [0.2, 0.25) is 5.91 Å². The van der Waals surface area contributed by atoms with E-state index in [9.17, 15) is 9.59 Å². The van der Waals surface area contributed by atoms with E-state index in [0.717, 1.165) is 5.56 Å². The number of thioether (sulfide) groups is 1. The zero-order valence-corrected chi connectivity index (χ0v) is 18.5. The van der Waals surface area contributed by atoms with Crippen LogP contribution in [0.2, 0.25) is 10.0 Å². The van der Waals surface area contributed by atoms with Crippen molar-refractivity contribution in [2.45, 2.75) is 11.7 Å². The van der Waals surface area contributed by atoms with Gasteiger partial charge in [-0.3, -0.25) is 14.2 Å². The van der Waals surface area contributed by atoms with Crippen LogP contribution in [-0.2, 0) is 11.3 Å². The van der Waals surface area contributed by atoms with Gasteiger partial charge in [-0.2, -0.15) is 0 Å². The number of para-hydroxylation sites is 1. The van der Waals surface area contributed by atoms with Gasteiger partial charge in [-0.25, -0.2) is 4.98 Å². The zero-order valence-electron chi connectivity index (χ0n) is 16.2. The number of hydrogen-bond donors (Lipinski definition) is 1. The molecule has 4 rings (SSSR count). The molecule has 4 aromatic rings. The van der Waals surface area contributed by atoms with Crippen LogP contribution in [0.15, 0.2) is 82.7 Å². The van der Waals surface area contributed by atoms with Gasteiger partial charge in [-0.15, -0.1) is 0 Å². The summed E-state index contributed by atoms with van der Waals surface area (Å²) in [7, 11) is 0. The van der Waals surface area contributed by atoms with Crippen molar-refractivity contribution in [3.8, 4) is 0 Å². The summed E-state index contributed by atoms with van der Waals surface area (Å²) in [4.78, 5) is 30.3. The molecule has 0 saturated carbocycles. The first-order valence-electron chi connectivity index (χ1n) is 9.42. The van der Waals surface area contributed by atoms with Gasteiger partial charge < -0.3 is 5.32 Å². The molecule has 0 atom stereocenters. The van der Waals surface area contributed by atoms with Crippen molar-refractivity contribution < 1.29 is 4.79 Å². The van der Waals surface area contributed by atoms with E-state index in [4.69, 9.17) is 23.2 Å². The summed E-state index contributed by atoms with van der Waals surface area (Å²) in [6.45, 7) is 0.301. The van der Waals surface area contributed by atoms with Gasteiger partial charge in [0, 0.05) is 15.7 Å². The lowest BCUT2D eigenvalue weighted by Gasteiger charge is -2.13. The number of fused-ring (bicyclic) bond motifs is 1. The highest BCUT2D eigenvalue weighted by Gasteiger charge is 2.14. The first-order valence-corrected chi connectivity index (χ1v) is 11.2. The Morgan fingerprint density at radius 3 is 2.48 bits per heavy atom. The second-order valence-corrected chi connectivity index (χ2v) is 8.60. The Labute approximate surface area is 193 Å². The van der Waals surface area contributed by atoms with E-state index in [2.05, 4.69) is 10.3 Å². The predicted molar refractivity (Wildman–Crippen MR) is 127 cm³/mol. The average molecular weight is 470 g/mol. The molecule has 1 aromatic heterocycles. The van der Waals surface area contributed by atoms with Crippen LogP contribution in [0.4, 0.5) is 5.69 Å². The maximum atomic E-state index is 13.2. The summed E-state index contributed by atoms with van der Waals surface area (Å²) < 4.78 is 1.57. The monoisotopic (exact) mass is 469 g/mol. The molecule has 0 saturated heterocycles. The third-order valence-corrected chi connectivity index (χ3v) is 5.94. The number of halogens is 2. The normalized spacial score (nSPS) is 10.9. The van der Waals surface area contributed by atoms with Crippen LogP contribution in [0.5, 0.6) is 0 Å². The van der Waals surface area contributed by atoms with Gasteiger partial charge in [-0.1, -0.05) is 65.3 Å². The highest BCUT2D eigenvalue weighted by Crippen LogP contribution is 2.21. The van der Waals surface area contributed by atoms with E-state index in [-0.39, 0.29) is 17.2 Å². The summed E-state index contributed by atoms with van der Waals surface area (Å²) in [5.41, 5.74) is 1.91. The molecule has 8 heteroatoms. The Morgan fingerprint density at radius 2 is 1.71 bits per heavy atom. The number of hydrogen-bond acceptors (Lipinski definition) is 4. The standard InChI is InChI=1S/C23H17Cl2N3O2S/c24-16-6-3-5-15(11-16)13-28-22(30)19-9-1-2-10-20(19)27-23(28)31-14-21(29)26-18-8-4-7-17(25)12-18/h1-12H,13-14H2,(H,26,29). The van der Waals surface area contributed by atoms with Gasteiger partial charge in [0.1, 0.15) is 0 Å². The number of carbonyl (C=O) groups is 1. The van der Waals surface area contributed by atoms with E-state index in [0.29, 0.717) is 38.3 Å². The van der Waals surface area contributed by atoms with E-state index in [1.54, 1.807) is 53.1 Å². The van der Waals surface area contributed by atoms with Crippen molar-refractivity contribution in [3.05, 3.63) is 98.8 Å². The number of rotatable bonds is 6. The minimum absolute atomic E-state index is 0.0901. The summed E-state index contributed by atoms with van der Waals surface area (Å²) in [5.74, 6) is -0.128. The van der Waals surface area contributed by atoms with Crippen LogP contribution < -0.4 is 10.9 Å². The maximum absolute atomic E-state index is 13.2. The molecule has 0 aliphatic carbocycles. The average Bonchev–Trinajstić information content (AvgIpc) is 2.75. The van der Waals surface area contributed by atoms with Crippen LogP contribution in [0.25, 0.3) is 10.9 Å². The summed E-state index contributed by atoms with van der Waals surface area (Å²) in [6.07, 6.45) is 0. The molecule has 0 radical (unpaired) electrons.